The molecule has 0 bridgehead atoms. The highest BCUT2D eigenvalue weighted by molar-refractivity contribution is 5.92. The van der Waals surface area contributed by atoms with Crippen molar-refractivity contribution < 1.29 is 18.8 Å². The van der Waals surface area contributed by atoms with E-state index in [1.165, 1.54) is 0 Å². The van der Waals surface area contributed by atoms with Crippen LogP contribution in [-0.2, 0) is 11.4 Å². The monoisotopic (exact) mass is 394 g/mol. The quantitative estimate of drug-likeness (QED) is 0.661. The molecule has 0 spiro atoms. The molecule has 0 saturated carbocycles. The lowest BCUT2D eigenvalue weighted by Crippen LogP contribution is -2.41. The van der Waals surface area contributed by atoms with Crippen LogP contribution in [0.15, 0.2) is 47.2 Å². The Bertz CT molecular complexity index is 1010. The molecule has 0 unspecified atom stereocenters. The lowest BCUT2D eigenvalue weighted by atomic mass is 10.1. The van der Waals surface area contributed by atoms with Crippen LogP contribution in [0.4, 0.5) is 0 Å². The number of ether oxygens (including phenoxy) is 1. The van der Waals surface area contributed by atoms with Gasteiger partial charge in [0.1, 0.15) is 12.4 Å². The van der Waals surface area contributed by atoms with Crippen LogP contribution in [0.3, 0.4) is 0 Å². The molecule has 3 heterocycles. The largest absolute Gasteiger partial charge is 0.485 e. The lowest BCUT2D eigenvalue weighted by molar-refractivity contribution is -0.133. The Labute approximate surface area is 167 Å². The minimum atomic E-state index is -0.333. The van der Waals surface area contributed by atoms with Gasteiger partial charge in [-0.25, -0.2) is 0 Å². The second-order valence-corrected chi connectivity index (χ2v) is 6.91. The van der Waals surface area contributed by atoms with Gasteiger partial charge in [0.25, 0.3) is 5.91 Å². The summed E-state index contributed by atoms with van der Waals surface area (Å²) >= 11 is 0. The lowest BCUT2D eigenvalue weighted by Gasteiger charge is -2.26. The molecule has 0 aliphatic carbocycles. The van der Waals surface area contributed by atoms with Crippen molar-refractivity contribution in [3.63, 3.8) is 0 Å². The van der Waals surface area contributed by atoms with E-state index in [1.54, 1.807) is 23.4 Å². The summed E-state index contributed by atoms with van der Waals surface area (Å²) in [5.41, 5.74) is 0.190. The molecule has 1 aliphatic rings. The fraction of sp³-hybridized carbons (Fsp3) is 0.333. The van der Waals surface area contributed by atoms with Crippen LogP contribution in [0, 0.1) is 0 Å². The standard InChI is InChI=1S/C21H22N4O4/c26-20-6-1-2-10-25(20)11-9-23-21(27)18-12-16(29-24-18)14-28-19-5-3-4-15-13-22-8-7-17(15)19/h3-5,7-8,12-13H,1-2,6,9-11,14H2,(H,23,27). The maximum atomic E-state index is 12.2. The van der Waals surface area contributed by atoms with E-state index in [9.17, 15) is 9.59 Å². The SMILES string of the molecule is O=C(NCCN1CCCCC1=O)c1cc(COc2cccc3cnccc23)on1. The average molecular weight is 394 g/mol. The fourth-order valence-electron chi connectivity index (χ4n) is 3.35. The second-order valence-electron chi connectivity index (χ2n) is 6.91. The number of rotatable bonds is 7. The average Bonchev–Trinajstić information content (AvgIpc) is 3.23. The van der Waals surface area contributed by atoms with Gasteiger partial charge in [-0.3, -0.25) is 14.6 Å². The van der Waals surface area contributed by atoms with Crippen molar-refractivity contribution in [3.8, 4) is 5.75 Å². The molecule has 8 heteroatoms. The van der Waals surface area contributed by atoms with E-state index in [4.69, 9.17) is 9.26 Å². The summed E-state index contributed by atoms with van der Waals surface area (Å²) in [5, 5.41) is 8.52. The summed E-state index contributed by atoms with van der Waals surface area (Å²) in [5.74, 6) is 0.974. The molecular formula is C21H22N4O4. The highest BCUT2D eigenvalue weighted by Crippen LogP contribution is 2.25. The first-order chi connectivity index (χ1) is 14.2. The summed E-state index contributed by atoms with van der Waals surface area (Å²) in [7, 11) is 0. The van der Waals surface area contributed by atoms with Crippen LogP contribution in [0.2, 0.25) is 0 Å². The smallest absolute Gasteiger partial charge is 0.273 e. The van der Waals surface area contributed by atoms with E-state index < -0.39 is 0 Å². The van der Waals surface area contributed by atoms with Gasteiger partial charge in [-0.15, -0.1) is 0 Å². The van der Waals surface area contributed by atoms with Gasteiger partial charge in [-0.05, 0) is 25.0 Å². The molecular weight excluding hydrogens is 372 g/mol. The zero-order valence-corrected chi connectivity index (χ0v) is 16.0. The number of hydrogen-bond acceptors (Lipinski definition) is 6. The zero-order chi connectivity index (χ0) is 20.1. The minimum Gasteiger partial charge on any atom is -0.485 e. The third-order valence-corrected chi connectivity index (χ3v) is 4.89. The zero-order valence-electron chi connectivity index (χ0n) is 16.0. The predicted molar refractivity (Wildman–Crippen MR) is 105 cm³/mol. The summed E-state index contributed by atoms with van der Waals surface area (Å²) < 4.78 is 11.1. The fourth-order valence-corrected chi connectivity index (χ4v) is 3.35. The maximum Gasteiger partial charge on any atom is 0.273 e. The summed E-state index contributed by atoms with van der Waals surface area (Å²) in [6.45, 7) is 1.80. The van der Waals surface area contributed by atoms with Crippen LogP contribution in [0.1, 0.15) is 35.5 Å². The number of carbonyl (C=O) groups excluding carboxylic acids is 2. The highest BCUT2D eigenvalue weighted by atomic mass is 16.5. The Morgan fingerprint density at radius 1 is 1.28 bits per heavy atom. The molecule has 1 aliphatic heterocycles. The van der Waals surface area contributed by atoms with Crippen molar-refractivity contribution in [1.82, 2.24) is 20.4 Å². The van der Waals surface area contributed by atoms with Gasteiger partial charge in [-0.1, -0.05) is 17.3 Å². The van der Waals surface area contributed by atoms with Gasteiger partial charge < -0.3 is 19.5 Å². The number of hydrogen-bond donors (Lipinski definition) is 1. The molecule has 2 amide bonds. The van der Waals surface area contributed by atoms with Crippen LogP contribution in [-0.4, -0.2) is 46.5 Å². The number of amides is 2. The summed E-state index contributed by atoms with van der Waals surface area (Å²) in [6, 6.07) is 9.18. The number of aromatic nitrogens is 2. The molecule has 1 fully saturated rings. The van der Waals surface area contributed by atoms with Crippen molar-refractivity contribution in [3.05, 3.63) is 54.2 Å². The number of carbonyl (C=O) groups is 2. The molecule has 1 aromatic carbocycles. The van der Waals surface area contributed by atoms with Crippen molar-refractivity contribution >= 4 is 22.6 Å². The molecule has 2 aromatic heterocycles. The number of fused-ring (bicyclic) bond motifs is 1. The highest BCUT2D eigenvalue weighted by Gasteiger charge is 2.18. The first-order valence-electron chi connectivity index (χ1n) is 9.68. The van der Waals surface area contributed by atoms with Gasteiger partial charge in [0.2, 0.25) is 5.91 Å². The molecule has 4 rings (SSSR count). The van der Waals surface area contributed by atoms with Crippen LogP contribution < -0.4 is 10.1 Å². The third-order valence-electron chi connectivity index (χ3n) is 4.89. The van der Waals surface area contributed by atoms with Gasteiger partial charge >= 0.3 is 0 Å². The first-order valence-corrected chi connectivity index (χ1v) is 9.68. The van der Waals surface area contributed by atoms with Crippen molar-refractivity contribution in [2.24, 2.45) is 0 Å². The van der Waals surface area contributed by atoms with Gasteiger partial charge in [0, 0.05) is 55.3 Å². The molecule has 1 N–H and O–H groups in total. The summed E-state index contributed by atoms with van der Waals surface area (Å²) in [6.07, 6.45) is 6.04. The Hall–Kier alpha value is -3.42. The first kappa shape index (κ1) is 18.9. The molecule has 0 radical (unpaired) electrons. The molecule has 0 atom stereocenters. The van der Waals surface area contributed by atoms with Crippen LogP contribution >= 0.6 is 0 Å². The van der Waals surface area contributed by atoms with Crippen LogP contribution in [0.5, 0.6) is 5.75 Å². The topological polar surface area (TPSA) is 97.6 Å². The number of pyridine rings is 1. The predicted octanol–water partition coefficient (Wildman–Crippen LogP) is 2.54. The normalized spacial score (nSPS) is 14.2. The van der Waals surface area contributed by atoms with Crippen LogP contribution in [0.25, 0.3) is 10.8 Å². The number of likely N-dealkylation sites (tertiary alicyclic amines) is 1. The third kappa shape index (κ3) is 4.53. The molecule has 8 nitrogen and oxygen atoms in total. The number of benzene rings is 1. The Kier molecular flexibility index (Phi) is 5.69. The minimum absolute atomic E-state index is 0.149. The molecule has 150 valence electrons. The Balaban J connectivity index is 1.30. The Morgan fingerprint density at radius 3 is 3.10 bits per heavy atom. The van der Waals surface area contributed by atoms with E-state index >= 15 is 0 Å². The van der Waals surface area contributed by atoms with Crippen molar-refractivity contribution in [2.75, 3.05) is 19.6 Å². The van der Waals surface area contributed by atoms with E-state index in [-0.39, 0.29) is 24.1 Å². The number of nitrogens with zero attached hydrogens (tertiary/aromatic N) is 3. The Morgan fingerprint density at radius 2 is 2.21 bits per heavy atom. The van der Waals surface area contributed by atoms with Gasteiger partial charge in [0.15, 0.2) is 11.5 Å². The second kappa shape index (κ2) is 8.72. The van der Waals surface area contributed by atoms with Crippen molar-refractivity contribution in [2.45, 2.75) is 25.9 Å². The van der Waals surface area contributed by atoms with Crippen molar-refractivity contribution in [1.29, 1.82) is 0 Å². The maximum absolute atomic E-state index is 12.2. The van der Waals surface area contributed by atoms with E-state index in [0.717, 1.165) is 30.2 Å². The summed E-state index contributed by atoms with van der Waals surface area (Å²) in [4.78, 5) is 29.9. The molecule has 3 aromatic rings. The van der Waals surface area contributed by atoms with Gasteiger partial charge in [-0.2, -0.15) is 0 Å². The number of nitrogens with one attached hydrogen (secondary N) is 1. The van der Waals surface area contributed by atoms with Gasteiger partial charge in [0.05, 0.1) is 0 Å². The van der Waals surface area contributed by atoms with E-state index in [2.05, 4.69) is 15.5 Å². The van der Waals surface area contributed by atoms with E-state index in [1.807, 2.05) is 24.3 Å². The molecule has 1 saturated heterocycles. The molecule has 29 heavy (non-hydrogen) atoms. The number of piperidine rings is 1. The van der Waals surface area contributed by atoms with E-state index in [0.29, 0.717) is 31.0 Å².